The molecule has 2 N–H and O–H groups in total. The van der Waals surface area contributed by atoms with Crippen molar-refractivity contribution < 1.29 is 19.8 Å². The van der Waals surface area contributed by atoms with Crippen LogP contribution < -0.4 is 0 Å². The van der Waals surface area contributed by atoms with E-state index in [9.17, 15) is 19.8 Å². The van der Waals surface area contributed by atoms with Crippen LogP contribution in [-0.2, 0) is 9.59 Å². The van der Waals surface area contributed by atoms with Gasteiger partial charge in [-0.25, -0.2) is 0 Å². The highest BCUT2D eigenvalue weighted by Gasteiger charge is 2.47. The predicted octanol–water partition coefficient (Wildman–Crippen LogP) is 3.01. The van der Waals surface area contributed by atoms with E-state index in [1.165, 1.54) is 0 Å². The molecular formula is C13H24O4. The molecule has 4 heteroatoms. The molecule has 2 atom stereocenters. The molecule has 0 aliphatic rings. The topological polar surface area (TPSA) is 74.6 Å². The van der Waals surface area contributed by atoms with Crippen LogP contribution in [0.4, 0.5) is 0 Å². The Labute approximate surface area is 103 Å². The standard InChI is InChI=1S/C13H24O4/c1-5-9(3)7-13(11(14)15,12(16)17)8-10(4)6-2/h9-10H,5-8H2,1-4H3,(H,14,15)(H,16,17). The van der Waals surface area contributed by atoms with Gasteiger partial charge < -0.3 is 10.2 Å². The Bertz CT molecular complexity index is 245. The number of carboxylic acid groups (broad SMARTS) is 2. The zero-order chi connectivity index (χ0) is 13.6. The first-order chi connectivity index (χ1) is 7.80. The van der Waals surface area contributed by atoms with Gasteiger partial charge in [0.15, 0.2) is 5.41 Å². The maximum atomic E-state index is 11.4. The second kappa shape index (κ2) is 6.62. The van der Waals surface area contributed by atoms with Crippen molar-refractivity contribution in [2.45, 2.75) is 53.4 Å². The number of hydrogen-bond donors (Lipinski definition) is 2. The van der Waals surface area contributed by atoms with Crippen LogP contribution in [0.1, 0.15) is 53.4 Å². The van der Waals surface area contributed by atoms with E-state index in [0.717, 1.165) is 12.8 Å². The number of rotatable bonds is 8. The third-order valence-corrected chi connectivity index (χ3v) is 3.61. The van der Waals surface area contributed by atoms with Gasteiger partial charge in [-0.05, 0) is 24.7 Å². The fourth-order valence-corrected chi connectivity index (χ4v) is 2.00. The summed E-state index contributed by atoms with van der Waals surface area (Å²) in [6.45, 7) is 7.69. The van der Waals surface area contributed by atoms with Gasteiger partial charge in [-0.2, -0.15) is 0 Å². The Morgan fingerprint density at radius 3 is 1.41 bits per heavy atom. The van der Waals surface area contributed by atoms with Crippen LogP contribution in [0.3, 0.4) is 0 Å². The molecule has 0 saturated heterocycles. The van der Waals surface area contributed by atoms with Crippen LogP contribution in [0.25, 0.3) is 0 Å². The van der Waals surface area contributed by atoms with E-state index in [0.29, 0.717) is 0 Å². The summed E-state index contributed by atoms with van der Waals surface area (Å²) in [6.07, 6.45) is 2.00. The molecule has 0 bridgehead atoms. The molecule has 100 valence electrons. The zero-order valence-electron chi connectivity index (χ0n) is 11.2. The summed E-state index contributed by atoms with van der Waals surface area (Å²) >= 11 is 0. The van der Waals surface area contributed by atoms with E-state index >= 15 is 0 Å². The van der Waals surface area contributed by atoms with Crippen LogP contribution in [0.5, 0.6) is 0 Å². The molecule has 0 fully saturated rings. The summed E-state index contributed by atoms with van der Waals surface area (Å²) in [4.78, 5) is 22.8. The molecule has 2 unspecified atom stereocenters. The summed E-state index contributed by atoms with van der Waals surface area (Å²) in [5.74, 6) is -2.20. The first-order valence-electron chi connectivity index (χ1n) is 6.26. The summed E-state index contributed by atoms with van der Waals surface area (Å²) in [7, 11) is 0. The molecule has 0 spiro atoms. The Kier molecular flexibility index (Phi) is 6.21. The van der Waals surface area contributed by atoms with Gasteiger partial charge >= 0.3 is 11.9 Å². The van der Waals surface area contributed by atoms with Crippen LogP contribution in [0.15, 0.2) is 0 Å². The smallest absolute Gasteiger partial charge is 0.321 e. The zero-order valence-corrected chi connectivity index (χ0v) is 11.2. The molecule has 4 nitrogen and oxygen atoms in total. The van der Waals surface area contributed by atoms with Gasteiger partial charge in [-0.15, -0.1) is 0 Å². The van der Waals surface area contributed by atoms with E-state index in [1.807, 2.05) is 27.7 Å². The average molecular weight is 244 g/mol. The Morgan fingerprint density at radius 1 is 0.941 bits per heavy atom. The third-order valence-electron chi connectivity index (χ3n) is 3.61. The van der Waals surface area contributed by atoms with Crippen molar-refractivity contribution in [3.63, 3.8) is 0 Å². The number of hydrogen-bond acceptors (Lipinski definition) is 2. The number of carbonyl (C=O) groups is 2. The summed E-state index contributed by atoms with van der Waals surface area (Å²) in [6, 6.07) is 0. The van der Waals surface area contributed by atoms with Gasteiger partial charge in [-0.3, -0.25) is 9.59 Å². The summed E-state index contributed by atoms with van der Waals surface area (Å²) in [5.41, 5.74) is -1.62. The van der Waals surface area contributed by atoms with Crippen molar-refractivity contribution in [2.24, 2.45) is 17.3 Å². The summed E-state index contributed by atoms with van der Waals surface area (Å²) < 4.78 is 0. The van der Waals surface area contributed by atoms with Crippen LogP contribution in [0, 0.1) is 17.3 Å². The Balaban J connectivity index is 5.13. The molecule has 0 amide bonds. The highest BCUT2D eigenvalue weighted by atomic mass is 16.4. The van der Waals surface area contributed by atoms with Crippen molar-refractivity contribution in [3.05, 3.63) is 0 Å². The molecule has 0 aromatic heterocycles. The minimum atomic E-state index is -1.62. The molecule has 0 aliphatic carbocycles. The molecule has 0 aromatic rings. The van der Waals surface area contributed by atoms with Crippen molar-refractivity contribution in [1.82, 2.24) is 0 Å². The van der Waals surface area contributed by atoms with Gasteiger partial charge in [0.25, 0.3) is 0 Å². The van der Waals surface area contributed by atoms with Gasteiger partial charge in [0.2, 0.25) is 0 Å². The minimum Gasteiger partial charge on any atom is -0.480 e. The predicted molar refractivity (Wildman–Crippen MR) is 65.8 cm³/mol. The molecule has 0 heterocycles. The molecule has 0 saturated carbocycles. The monoisotopic (exact) mass is 244 g/mol. The van der Waals surface area contributed by atoms with E-state index in [2.05, 4.69) is 0 Å². The van der Waals surface area contributed by atoms with Crippen LogP contribution in [0.2, 0.25) is 0 Å². The molecule has 0 aliphatic heterocycles. The van der Waals surface area contributed by atoms with E-state index in [1.54, 1.807) is 0 Å². The number of aliphatic carboxylic acids is 2. The van der Waals surface area contributed by atoms with Crippen molar-refractivity contribution >= 4 is 11.9 Å². The average Bonchev–Trinajstić information content (AvgIpc) is 2.26. The van der Waals surface area contributed by atoms with Crippen molar-refractivity contribution in [2.75, 3.05) is 0 Å². The normalized spacial score (nSPS) is 15.3. The fraction of sp³-hybridized carbons (Fsp3) is 0.846. The second-order valence-corrected chi connectivity index (χ2v) is 5.13. The first kappa shape index (κ1) is 15.9. The quantitative estimate of drug-likeness (QED) is 0.644. The van der Waals surface area contributed by atoms with Crippen LogP contribution in [-0.4, -0.2) is 22.2 Å². The van der Waals surface area contributed by atoms with Gasteiger partial charge in [0.05, 0.1) is 0 Å². The lowest BCUT2D eigenvalue weighted by molar-refractivity contribution is -0.167. The number of carboxylic acids is 2. The largest absolute Gasteiger partial charge is 0.480 e. The first-order valence-corrected chi connectivity index (χ1v) is 6.26. The fourth-order valence-electron chi connectivity index (χ4n) is 2.00. The lowest BCUT2D eigenvalue weighted by Gasteiger charge is -2.29. The van der Waals surface area contributed by atoms with Gasteiger partial charge in [0.1, 0.15) is 0 Å². The molecule has 0 rings (SSSR count). The maximum absolute atomic E-state index is 11.4. The molecular weight excluding hydrogens is 220 g/mol. The lowest BCUT2D eigenvalue weighted by atomic mass is 9.72. The lowest BCUT2D eigenvalue weighted by Crippen LogP contribution is -2.42. The van der Waals surface area contributed by atoms with Gasteiger partial charge in [0, 0.05) is 0 Å². The maximum Gasteiger partial charge on any atom is 0.321 e. The van der Waals surface area contributed by atoms with Gasteiger partial charge in [-0.1, -0.05) is 40.5 Å². The van der Waals surface area contributed by atoms with E-state index in [-0.39, 0.29) is 24.7 Å². The van der Waals surface area contributed by atoms with E-state index < -0.39 is 17.4 Å². The third kappa shape index (κ3) is 4.02. The minimum absolute atomic E-state index is 0.103. The molecule has 0 aromatic carbocycles. The summed E-state index contributed by atoms with van der Waals surface area (Å²) in [5, 5.41) is 18.6. The molecule has 0 radical (unpaired) electrons. The van der Waals surface area contributed by atoms with Crippen molar-refractivity contribution in [1.29, 1.82) is 0 Å². The Hall–Kier alpha value is -1.06. The second-order valence-electron chi connectivity index (χ2n) is 5.13. The highest BCUT2D eigenvalue weighted by Crippen LogP contribution is 2.36. The van der Waals surface area contributed by atoms with Crippen LogP contribution >= 0.6 is 0 Å². The van der Waals surface area contributed by atoms with Crippen molar-refractivity contribution in [3.8, 4) is 0 Å². The molecule has 17 heavy (non-hydrogen) atoms. The SMILES string of the molecule is CCC(C)CC(CC(C)CC)(C(=O)O)C(=O)O. The highest BCUT2D eigenvalue weighted by molar-refractivity contribution is 5.98. The Morgan fingerprint density at radius 2 is 1.24 bits per heavy atom. The van der Waals surface area contributed by atoms with E-state index in [4.69, 9.17) is 0 Å².